The lowest BCUT2D eigenvalue weighted by Gasteiger charge is -2.24. The van der Waals surface area contributed by atoms with E-state index in [2.05, 4.69) is 78.0 Å². The third kappa shape index (κ3) is 5.44. The van der Waals surface area contributed by atoms with Crippen LogP contribution in [-0.4, -0.2) is 42.5 Å². The predicted molar refractivity (Wildman–Crippen MR) is 112 cm³/mol. The molecule has 0 aliphatic heterocycles. The molecule has 1 unspecified atom stereocenters. The number of para-hydroxylation sites is 1. The molecule has 3 rings (SSSR count). The standard InChI is InChI=1S/C23H29N3O/c1-26(2)20(15-18-9-4-3-5-10-18)17-25-23(27)14-8-11-19-16-24-22-13-7-6-12-21(19)22/h3-7,9-10,12-13,16,20,24H,8,11,14-15,17H2,1-2H3,(H,25,27). The fraction of sp³-hybridized carbons (Fsp3) is 0.348. The monoisotopic (exact) mass is 363 g/mol. The van der Waals surface area contributed by atoms with Crippen LogP contribution < -0.4 is 5.32 Å². The van der Waals surface area contributed by atoms with Crippen molar-refractivity contribution in [2.24, 2.45) is 0 Å². The number of aromatic amines is 1. The zero-order chi connectivity index (χ0) is 19.1. The average Bonchev–Trinajstić information content (AvgIpc) is 3.09. The van der Waals surface area contributed by atoms with E-state index in [1.54, 1.807) is 0 Å². The number of nitrogens with zero attached hydrogens (tertiary/aromatic N) is 1. The molecular formula is C23H29N3O. The van der Waals surface area contributed by atoms with E-state index in [1.165, 1.54) is 16.5 Å². The number of fused-ring (bicyclic) bond motifs is 1. The average molecular weight is 364 g/mol. The van der Waals surface area contributed by atoms with Gasteiger partial charge in [0.1, 0.15) is 0 Å². The summed E-state index contributed by atoms with van der Waals surface area (Å²) in [6.07, 6.45) is 5.33. The van der Waals surface area contributed by atoms with Crippen LogP contribution in [0, 0.1) is 0 Å². The van der Waals surface area contributed by atoms with Crippen molar-refractivity contribution in [1.82, 2.24) is 15.2 Å². The van der Waals surface area contributed by atoms with Crippen LogP contribution in [-0.2, 0) is 17.6 Å². The lowest BCUT2D eigenvalue weighted by Crippen LogP contribution is -2.41. The van der Waals surface area contributed by atoms with Crippen molar-refractivity contribution in [3.05, 3.63) is 71.9 Å². The number of rotatable bonds is 9. The van der Waals surface area contributed by atoms with Crippen LogP contribution in [0.4, 0.5) is 0 Å². The molecule has 27 heavy (non-hydrogen) atoms. The zero-order valence-electron chi connectivity index (χ0n) is 16.2. The Labute approximate surface area is 161 Å². The van der Waals surface area contributed by atoms with Crippen LogP contribution in [0.25, 0.3) is 10.9 Å². The molecule has 3 aromatic rings. The highest BCUT2D eigenvalue weighted by Gasteiger charge is 2.14. The first-order valence-electron chi connectivity index (χ1n) is 9.65. The van der Waals surface area contributed by atoms with Gasteiger partial charge in [-0.2, -0.15) is 0 Å². The minimum Gasteiger partial charge on any atom is -0.361 e. The van der Waals surface area contributed by atoms with Gasteiger partial charge in [-0.1, -0.05) is 48.5 Å². The van der Waals surface area contributed by atoms with Gasteiger partial charge in [-0.05, 0) is 50.6 Å². The summed E-state index contributed by atoms with van der Waals surface area (Å²) in [6, 6.07) is 19.0. The van der Waals surface area contributed by atoms with Crippen molar-refractivity contribution in [3.63, 3.8) is 0 Å². The molecule has 4 nitrogen and oxygen atoms in total. The molecule has 0 saturated carbocycles. The zero-order valence-corrected chi connectivity index (χ0v) is 16.2. The SMILES string of the molecule is CN(C)C(CNC(=O)CCCc1c[nH]c2ccccc12)Cc1ccccc1. The normalized spacial score (nSPS) is 12.4. The van der Waals surface area contributed by atoms with E-state index in [9.17, 15) is 4.79 Å². The summed E-state index contributed by atoms with van der Waals surface area (Å²) in [6.45, 7) is 0.674. The minimum absolute atomic E-state index is 0.134. The summed E-state index contributed by atoms with van der Waals surface area (Å²) < 4.78 is 0. The molecule has 1 amide bonds. The van der Waals surface area contributed by atoms with E-state index in [0.29, 0.717) is 19.0 Å². The number of carbonyl (C=O) groups is 1. The third-order valence-electron chi connectivity index (χ3n) is 5.10. The Balaban J connectivity index is 1.44. The first-order valence-corrected chi connectivity index (χ1v) is 9.65. The molecule has 142 valence electrons. The number of nitrogens with one attached hydrogen (secondary N) is 2. The highest BCUT2D eigenvalue weighted by Crippen LogP contribution is 2.19. The van der Waals surface area contributed by atoms with Crippen LogP contribution in [0.5, 0.6) is 0 Å². The fourth-order valence-electron chi connectivity index (χ4n) is 3.42. The highest BCUT2D eigenvalue weighted by molar-refractivity contribution is 5.83. The van der Waals surface area contributed by atoms with Crippen LogP contribution in [0.2, 0.25) is 0 Å². The molecule has 0 radical (unpaired) electrons. The molecule has 0 bridgehead atoms. The van der Waals surface area contributed by atoms with Gasteiger partial charge in [-0.25, -0.2) is 0 Å². The maximum absolute atomic E-state index is 12.3. The Hall–Kier alpha value is -2.59. The number of hydrogen-bond acceptors (Lipinski definition) is 2. The van der Waals surface area contributed by atoms with E-state index < -0.39 is 0 Å². The number of likely N-dealkylation sites (N-methyl/N-ethyl adjacent to an activating group) is 1. The van der Waals surface area contributed by atoms with E-state index in [4.69, 9.17) is 0 Å². The summed E-state index contributed by atoms with van der Waals surface area (Å²) in [5.74, 6) is 0.134. The van der Waals surface area contributed by atoms with Crippen molar-refractivity contribution in [1.29, 1.82) is 0 Å². The highest BCUT2D eigenvalue weighted by atomic mass is 16.1. The number of amides is 1. The van der Waals surface area contributed by atoms with Gasteiger partial charge in [-0.15, -0.1) is 0 Å². The van der Waals surface area contributed by atoms with Gasteiger partial charge in [0, 0.05) is 36.1 Å². The quantitative estimate of drug-likeness (QED) is 0.608. The van der Waals surface area contributed by atoms with Gasteiger partial charge in [0.15, 0.2) is 0 Å². The van der Waals surface area contributed by atoms with Crippen molar-refractivity contribution >= 4 is 16.8 Å². The number of hydrogen-bond donors (Lipinski definition) is 2. The molecule has 1 atom stereocenters. The Morgan fingerprint density at radius 1 is 1.07 bits per heavy atom. The number of carbonyl (C=O) groups excluding carboxylic acids is 1. The fourth-order valence-corrected chi connectivity index (χ4v) is 3.42. The lowest BCUT2D eigenvalue weighted by atomic mass is 10.0. The summed E-state index contributed by atoms with van der Waals surface area (Å²) in [5.41, 5.74) is 3.74. The maximum atomic E-state index is 12.3. The van der Waals surface area contributed by atoms with Crippen molar-refractivity contribution < 1.29 is 4.79 Å². The predicted octanol–water partition coefficient (Wildman–Crippen LogP) is 3.78. The molecule has 2 aromatic carbocycles. The second-order valence-corrected chi connectivity index (χ2v) is 7.32. The first kappa shape index (κ1) is 19.2. The summed E-state index contributed by atoms with van der Waals surface area (Å²) >= 11 is 0. The molecule has 0 aliphatic rings. The largest absolute Gasteiger partial charge is 0.361 e. The van der Waals surface area contributed by atoms with Gasteiger partial charge in [0.2, 0.25) is 5.91 Å². The van der Waals surface area contributed by atoms with Crippen molar-refractivity contribution in [2.45, 2.75) is 31.7 Å². The van der Waals surface area contributed by atoms with Crippen LogP contribution in [0.3, 0.4) is 0 Å². The van der Waals surface area contributed by atoms with Gasteiger partial charge in [0.05, 0.1) is 0 Å². The van der Waals surface area contributed by atoms with E-state index in [-0.39, 0.29) is 5.91 Å². The van der Waals surface area contributed by atoms with Crippen molar-refractivity contribution in [3.8, 4) is 0 Å². The van der Waals surface area contributed by atoms with E-state index in [1.807, 2.05) is 12.1 Å². The molecule has 1 aromatic heterocycles. The molecule has 1 heterocycles. The first-order chi connectivity index (χ1) is 13.1. The summed E-state index contributed by atoms with van der Waals surface area (Å²) in [5, 5.41) is 4.37. The van der Waals surface area contributed by atoms with Gasteiger partial charge in [-0.3, -0.25) is 4.79 Å². The Bertz CT molecular complexity index is 854. The molecule has 4 heteroatoms. The number of aryl methyl sites for hydroxylation is 1. The minimum atomic E-state index is 0.134. The lowest BCUT2D eigenvalue weighted by molar-refractivity contribution is -0.121. The second kappa shape index (κ2) is 9.38. The van der Waals surface area contributed by atoms with E-state index in [0.717, 1.165) is 24.8 Å². The molecule has 0 saturated heterocycles. The van der Waals surface area contributed by atoms with Crippen LogP contribution in [0.15, 0.2) is 60.8 Å². The molecule has 0 fully saturated rings. The van der Waals surface area contributed by atoms with E-state index >= 15 is 0 Å². The second-order valence-electron chi connectivity index (χ2n) is 7.32. The van der Waals surface area contributed by atoms with Gasteiger partial charge < -0.3 is 15.2 Å². The van der Waals surface area contributed by atoms with Gasteiger partial charge >= 0.3 is 0 Å². The topological polar surface area (TPSA) is 48.1 Å². The summed E-state index contributed by atoms with van der Waals surface area (Å²) in [4.78, 5) is 17.8. The Morgan fingerprint density at radius 2 is 1.81 bits per heavy atom. The third-order valence-corrected chi connectivity index (χ3v) is 5.10. The van der Waals surface area contributed by atoms with Crippen LogP contribution in [0.1, 0.15) is 24.0 Å². The Morgan fingerprint density at radius 3 is 2.59 bits per heavy atom. The number of aromatic nitrogens is 1. The van der Waals surface area contributed by atoms with Crippen molar-refractivity contribution in [2.75, 3.05) is 20.6 Å². The van der Waals surface area contributed by atoms with Crippen LogP contribution >= 0.6 is 0 Å². The summed E-state index contributed by atoms with van der Waals surface area (Å²) in [7, 11) is 4.13. The molecule has 0 spiro atoms. The maximum Gasteiger partial charge on any atom is 0.220 e. The van der Waals surface area contributed by atoms with Gasteiger partial charge in [0.25, 0.3) is 0 Å². The molecule has 2 N–H and O–H groups in total. The molecular weight excluding hydrogens is 334 g/mol. The molecule has 0 aliphatic carbocycles. The Kier molecular flexibility index (Phi) is 6.66. The number of H-pyrrole nitrogens is 1. The number of benzene rings is 2. The smallest absolute Gasteiger partial charge is 0.220 e.